The molecule has 2 aromatic carbocycles. The van der Waals surface area contributed by atoms with Crippen LogP contribution in [0.5, 0.6) is 0 Å². The maximum absolute atomic E-state index is 11.5. The summed E-state index contributed by atoms with van der Waals surface area (Å²) in [6.45, 7) is 0.659. The van der Waals surface area contributed by atoms with Crippen molar-refractivity contribution in [2.24, 2.45) is 0 Å². The van der Waals surface area contributed by atoms with Crippen LogP contribution in [0.2, 0.25) is 0 Å². The Morgan fingerprint density at radius 3 is 2.58 bits per heavy atom. The fourth-order valence-electron chi connectivity index (χ4n) is 3.15. The van der Waals surface area contributed by atoms with Gasteiger partial charge in [-0.2, -0.15) is 4.98 Å². The molecule has 7 heteroatoms. The highest BCUT2D eigenvalue weighted by Crippen LogP contribution is 2.29. The number of nitrogens with zero attached hydrogens (tertiary/aromatic N) is 3. The van der Waals surface area contributed by atoms with Crippen LogP contribution in [0.4, 0.5) is 11.8 Å². The topological polar surface area (TPSA) is 109 Å². The van der Waals surface area contributed by atoms with Gasteiger partial charge in [0.1, 0.15) is 5.82 Å². The monoisotopic (exact) mass is 347 g/mol. The zero-order valence-corrected chi connectivity index (χ0v) is 14.1. The first-order valence-electron chi connectivity index (χ1n) is 8.04. The molecule has 2 heterocycles. The average Bonchev–Trinajstić information content (AvgIpc) is 3.04. The largest absolute Gasteiger partial charge is 0.465 e. The standard InChI is InChI=1S/C19H17N5O2/c1-26-18(25)12-4-2-11(3-5-12)10-24-9-8-13-15(24)7-6-14-16(13)17(20)23-19(21)22-14/h2-9H,10H2,1H3,(H4,20,21,22,23). The third kappa shape index (κ3) is 2.59. The van der Waals surface area contributed by atoms with Crippen LogP contribution in [0.3, 0.4) is 0 Å². The lowest BCUT2D eigenvalue weighted by molar-refractivity contribution is 0.0600. The van der Waals surface area contributed by atoms with Crippen molar-refractivity contribution >= 4 is 39.5 Å². The molecule has 0 atom stereocenters. The predicted molar refractivity (Wildman–Crippen MR) is 101 cm³/mol. The lowest BCUT2D eigenvalue weighted by Crippen LogP contribution is -2.03. The minimum absolute atomic E-state index is 0.166. The minimum Gasteiger partial charge on any atom is -0.465 e. The smallest absolute Gasteiger partial charge is 0.337 e. The molecule has 0 aliphatic rings. The second-order valence-electron chi connectivity index (χ2n) is 5.99. The number of hydrogen-bond donors (Lipinski definition) is 2. The number of hydrogen-bond acceptors (Lipinski definition) is 6. The Morgan fingerprint density at radius 2 is 1.85 bits per heavy atom. The summed E-state index contributed by atoms with van der Waals surface area (Å²) in [7, 11) is 1.37. The Labute approximate surface area is 149 Å². The first kappa shape index (κ1) is 15.9. The Balaban J connectivity index is 1.74. The summed E-state index contributed by atoms with van der Waals surface area (Å²) in [6, 6.07) is 13.2. The molecule has 2 aromatic heterocycles. The van der Waals surface area contributed by atoms with E-state index in [1.54, 1.807) is 12.1 Å². The number of nitrogen functional groups attached to an aromatic ring is 2. The van der Waals surface area contributed by atoms with Crippen LogP contribution in [0.15, 0.2) is 48.7 Å². The van der Waals surface area contributed by atoms with Crippen molar-refractivity contribution in [1.82, 2.24) is 14.5 Å². The SMILES string of the molecule is COC(=O)c1ccc(Cn2ccc3c4c(N)nc(N)nc4ccc32)cc1. The van der Waals surface area contributed by atoms with Gasteiger partial charge in [0.15, 0.2) is 0 Å². The lowest BCUT2D eigenvalue weighted by Gasteiger charge is -2.08. The molecular weight excluding hydrogens is 330 g/mol. The molecule has 0 aliphatic heterocycles. The molecule has 130 valence electrons. The highest BCUT2D eigenvalue weighted by Gasteiger charge is 2.11. The highest BCUT2D eigenvalue weighted by molar-refractivity contribution is 6.10. The van der Waals surface area contributed by atoms with Crippen LogP contribution in [-0.2, 0) is 11.3 Å². The summed E-state index contributed by atoms with van der Waals surface area (Å²) in [4.78, 5) is 19.9. The van der Waals surface area contributed by atoms with Crippen molar-refractivity contribution in [3.63, 3.8) is 0 Å². The predicted octanol–water partition coefficient (Wildman–Crippen LogP) is 2.58. The van der Waals surface area contributed by atoms with Gasteiger partial charge in [-0.15, -0.1) is 0 Å². The zero-order valence-electron chi connectivity index (χ0n) is 14.1. The van der Waals surface area contributed by atoms with E-state index in [0.717, 1.165) is 27.4 Å². The molecule has 0 bridgehead atoms. The Hall–Kier alpha value is -3.61. The third-order valence-electron chi connectivity index (χ3n) is 4.39. The molecule has 0 amide bonds. The molecule has 4 N–H and O–H groups in total. The molecule has 0 unspecified atom stereocenters. The summed E-state index contributed by atoms with van der Waals surface area (Å²) < 4.78 is 6.83. The van der Waals surface area contributed by atoms with Crippen molar-refractivity contribution < 1.29 is 9.53 Å². The van der Waals surface area contributed by atoms with E-state index in [9.17, 15) is 4.79 Å². The molecule has 4 aromatic rings. The molecule has 0 spiro atoms. The van der Waals surface area contributed by atoms with E-state index in [0.29, 0.717) is 17.9 Å². The van der Waals surface area contributed by atoms with E-state index in [-0.39, 0.29) is 11.9 Å². The van der Waals surface area contributed by atoms with Crippen molar-refractivity contribution in [1.29, 1.82) is 0 Å². The molecule has 0 fully saturated rings. The lowest BCUT2D eigenvalue weighted by atomic mass is 10.1. The number of esters is 1. The van der Waals surface area contributed by atoms with E-state index in [2.05, 4.69) is 14.5 Å². The molecule has 0 aliphatic carbocycles. The van der Waals surface area contributed by atoms with Crippen molar-refractivity contribution in [3.05, 3.63) is 59.8 Å². The number of rotatable bonds is 3. The van der Waals surface area contributed by atoms with Gasteiger partial charge in [-0.25, -0.2) is 9.78 Å². The number of aromatic nitrogens is 3. The second kappa shape index (κ2) is 6.03. The van der Waals surface area contributed by atoms with Gasteiger partial charge < -0.3 is 20.8 Å². The summed E-state index contributed by atoms with van der Waals surface area (Å²) in [5, 5.41) is 1.78. The average molecular weight is 347 g/mol. The maximum atomic E-state index is 11.5. The van der Waals surface area contributed by atoms with Crippen molar-refractivity contribution in [2.75, 3.05) is 18.6 Å². The molecule has 7 nitrogen and oxygen atoms in total. The number of methoxy groups -OCH3 is 1. The van der Waals surface area contributed by atoms with E-state index >= 15 is 0 Å². The molecule has 0 saturated heterocycles. The van der Waals surface area contributed by atoms with Crippen LogP contribution in [-0.4, -0.2) is 27.6 Å². The summed E-state index contributed by atoms with van der Waals surface area (Å²) >= 11 is 0. The van der Waals surface area contributed by atoms with Crippen molar-refractivity contribution in [3.8, 4) is 0 Å². The van der Waals surface area contributed by atoms with Gasteiger partial charge in [0.05, 0.1) is 23.6 Å². The van der Waals surface area contributed by atoms with Gasteiger partial charge in [-0.3, -0.25) is 0 Å². The van der Waals surface area contributed by atoms with Gasteiger partial charge in [-0.05, 0) is 35.9 Å². The Bertz CT molecular complexity index is 1130. The van der Waals surface area contributed by atoms with Gasteiger partial charge in [-0.1, -0.05) is 12.1 Å². The summed E-state index contributed by atoms with van der Waals surface area (Å²) in [5.41, 5.74) is 15.1. The van der Waals surface area contributed by atoms with Crippen LogP contribution in [0, 0.1) is 0 Å². The number of carbonyl (C=O) groups excluding carboxylic acids is 1. The first-order chi connectivity index (χ1) is 12.6. The molecule has 4 rings (SSSR count). The van der Waals surface area contributed by atoms with Gasteiger partial charge in [0.2, 0.25) is 5.95 Å². The minimum atomic E-state index is -0.343. The summed E-state index contributed by atoms with van der Waals surface area (Å²) in [6.07, 6.45) is 1.99. The number of benzene rings is 2. The van der Waals surface area contributed by atoms with Crippen molar-refractivity contribution in [2.45, 2.75) is 6.54 Å². The normalized spacial score (nSPS) is 11.1. The van der Waals surface area contributed by atoms with Crippen LogP contribution in [0.1, 0.15) is 15.9 Å². The molecular formula is C19H17N5O2. The maximum Gasteiger partial charge on any atom is 0.337 e. The quantitative estimate of drug-likeness (QED) is 0.551. The third-order valence-corrected chi connectivity index (χ3v) is 4.39. The molecule has 0 radical (unpaired) electrons. The van der Waals surface area contributed by atoms with E-state index < -0.39 is 0 Å². The fourth-order valence-corrected chi connectivity index (χ4v) is 3.15. The number of anilines is 2. The Kier molecular flexibility index (Phi) is 3.69. The first-order valence-corrected chi connectivity index (χ1v) is 8.04. The van der Waals surface area contributed by atoms with Gasteiger partial charge in [0.25, 0.3) is 0 Å². The fraction of sp³-hybridized carbons (Fsp3) is 0.105. The van der Waals surface area contributed by atoms with E-state index in [4.69, 9.17) is 16.2 Å². The second-order valence-corrected chi connectivity index (χ2v) is 5.99. The van der Waals surface area contributed by atoms with Crippen LogP contribution < -0.4 is 11.5 Å². The van der Waals surface area contributed by atoms with Crippen LogP contribution in [0.25, 0.3) is 21.8 Å². The summed E-state index contributed by atoms with van der Waals surface area (Å²) in [5.74, 6) is 0.196. The van der Waals surface area contributed by atoms with Crippen LogP contribution >= 0.6 is 0 Å². The molecule has 26 heavy (non-hydrogen) atoms. The van der Waals surface area contributed by atoms with E-state index in [1.807, 2.05) is 36.5 Å². The number of ether oxygens (including phenoxy) is 1. The highest BCUT2D eigenvalue weighted by atomic mass is 16.5. The number of carbonyl (C=O) groups is 1. The molecule has 0 saturated carbocycles. The number of fused-ring (bicyclic) bond motifs is 3. The van der Waals surface area contributed by atoms with Gasteiger partial charge in [0, 0.05) is 23.6 Å². The van der Waals surface area contributed by atoms with E-state index in [1.165, 1.54) is 7.11 Å². The van der Waals surface area contributed by atoms with Gasteiger partial charge >= 0.3 is 5.97 Å². The number of nitrogens with two attached hydrogens (primary N) is 2. The zero-order chi connectivity index (χ0) is 18.3. The Morgan fingerprint density at radius 1 is 1.08 bits per heavy atom.